The molecule has 0 aliphatic rings. The molecule has 0 aliphatic heterocycles. The van der Waals surface area contributed by atoms with Crippen LogP contribution in [0.3, 0.4) is 0 Å². The van der Waals surface area contributed by atoms with E-state index in [9.17, 15) is 15.0 Å². The molecule has 0 aromatic rings. The van der Waals surface area contributed by atoms with Crippen molar-refractivity contribution in [2.24, 2.45) is 17.8 Å². The van der Waals surface area contributed by atoms with Crippen LogP contribution < -0.4 is 0 Å². The number of rotatable bonds is 5. The number of esters is 1. The molecule has 0 aliphatic carbocycles. The maximum Gasteiger partial charge on any atom is 0.310 e. The lowest BCUT2D eigenvalue weighted by Crippen LogP contribution is -2.36. The highest BCUT2D eigenvalue weighted by atomic mass is 16.6. The van der Waals surface area contributed by atoms with Crippen molar-refractivity contribution in [3.63, 3.8) is 0 Å². The molecule has 0 saturated carbocycles. The molecule has 2 N–H and O–H groups in total. The van der Waals surface area contributed by atoms with Crippen LogP contribution in [0.25, 0.3) is 0 Å². The Morgan fingerprint density at radius 2 is 1.53 bits per heavy atom. The second-order valence-electron chi connectivity index (χ2n) is 4.58. The predicted octanol–water partition coefficient (Wildman–Crippen LogP) is 1.16. The summed E-state index contributed by atoms with van der Waals surface area (Å²) in [5.74, 6) is -1.19. The summed E-state index contributed by atoms with van der Waals surface area (Å²) in [5.41, 5.74) is 0. The molecule has 90 valence electrons. The van der Waals surface area contributed by atoms with Crippen molar-refractivity contribution in [2.45, 2.75) is 47.0 Å². The van der Waals surface area contributed by atoms with Gasteiger partial charge in [0.2, 0.25) is 6.29 Å². The minimum absolute atomic E-state index is 0.0207. The average Bonchev–Trinajstić information content (AvgIpc) is 2.14. The monoisotopic (exact) mass is 218 g/mol. The number of hydrogen-bond donors (Lipinski definition) is 2. The van der Waals surface area contributed by atoms with E-state index < -0.39 is 24.3 Å². The van der Waals surface area contributed by atoms with E-state index in [1.54, 1.807) is 20.8 Å². The van der Waals surface area contributed by atoms with Crippen LogP contribution in [-0.2, 0) is 9.53 Å². The van der Waals surface area contributed by atoms with Crippen LogP contribution >= 0.6 is 0 Å². The van der Waals surface area contributed by atoms with Crippen LogP contribution in [-0.4, -0.2) is 28.6 Å². The van der Waals surface area contributed by atoms with Crippen molar-refractivity contribution in [2.75, 3.05) is 0 Å². The standard InChI is InChI=1S/C11H22O4/c1-6(2)9(12)8(5)11(14)15-10(13)7(3)4/h6-9,11-12,14H,1-5H3. The summed E-state index contributed by atoms with van der Waals surface area (Å²) in [4.78, 5) is 11.2. The molecule has 3 unspecified atom stereocenters. The molecule has 0 aromatic carbocycles. The van der Waals surface area contributed by atoms with Gasteiger partial charge in [-0.15, -0.1) is 0 Å². The number of ether oxygens (including phenoxy) is 1. The summed E-state index contributed by atoms with van der Waals surface area (Å²) in [6.07, 6.45) is -1.92. The van der Waals surface area contributed by atoms with E-state index in [4.69, 9.17) is 4.74 Å². The van der Waals surface area contributed by atoms with Gasteiger partial charge in [-0.2, -0.15) is 0 Å². The topological polar surface area (TPSA) is 66.8 Å². The van der Waals surface area contributed by atoms with Gasteiger partial charge < -0.3 is 14.9 Å². The van der Waals surface area contributed by atoms with Gasteiger partial charge in [0.05, 0.1) is 12.0 Å². The Hall–Kier alpha value is -0.610. The molecule has 4 nitrogen and oxygen atoms in total. The fourth-order valence-electron chi connectivity index (χ4n) is 1.14. The van der Waals surface area contributed by atoms with Crippen LogP contribution in [0, 0.1) is 17.8 Å². The summed E-state index contributed by atoms with van der Waals surface area (Å²) in [7, 11) is 0. The van der Waals surface area contributed by atoms with Crippen LogP contribution in [0.4, 0.5) is 0 Å². The minimum Gasteiger partial charge on any atom is -0.435 e. The Kier molecular flexibility index (Phi) is 5.83. The summed E-state index contributed by atoms with van der Waals surface area (Å²) in [6.45, 7) is 8.73. The predicted molar refractivity (Wildman–Crippen MR) is 56.9 cm³/mol. The fraction of sp³-hybridized carbons (Fsp3) is 0.909. The Morgan fingerprint density at radius 1 is 1.07 bits per heavy atom. The lowest BCUT2D eigenvalue weighted by atomic mass is 9.94. The van der Waals surface area contributed by atoms with Gasteiger partial charge in [-0.05, 0) is 5.92 Å². The van der Waals surface area contributed by atoms with Crippen molar-refractivity contribution in [1.82, 2.24) is 0 Å². The van der Waals surface area contributed by atoms with Gasteiger partial charge in [-0.1, -0.05) is 34.6 Å². The van der Waals surface area contributed by atoms with E-state index >= 15 is 0 Å². The first-order valence-electron chi connectivity index (χ1n) is 5.34. The summed E-state index contributed by atoms with van der Waals surface area (Å²) < 4.78 is 4.80. The summed E-state index contributed by atoms with van der Waals surface area (Å²) >= 11 is 0. The van der Waals surface area contributed by atoms with Gasteiger partial charge in [0.25, 0.3) is 0 Å². The van der Waals surface area contributed by atoms with Crippen molar-refractivity contribution in [3.8, 4) is 0 Å². The first-order chi connectivity index (χ1) is 6.77. The average molecular weight is 218 g/mol. The third kappa shape index (κ3) is 4.62. The van der Waals surface area contributed by atoms with Crippen LogP contribution in [0.5, 0.6) is 0 Å². The van der Waals surface area contributed by atoms with Crippen molar-refractivity contribution < 1.29 is 19.7 Å². The largest absolute Gasteiger partial charge is 0.435 e. The van der Waals surface area contributed by atoms with E-state index in [0.717, 1.165) is 0 Å². The number of aliphatic hydroxyl groups is 2. The molecule has 0 saturated heterocycles. The smallest absolute Gasteiger partial charge is 0.310 e. The van der Waals surface area contributed by atoms with Gasteiger partial charge >= 0.3 is 5.97 Å². The number of aliphatic hydroxyl groups excluding tert-OH is 2. The third-order valence-electron chi connectivity index (χ3n) is 2.38. The Bertz CT molecular complexity index is 201. The first-order valence-corrected chi connectivity index (χ1v) is 5.34. The molecule has 15 heavy (non-hydrogen) atoms. The lowest BCUT2D eigenvalue weighted by Gasteiger charge is -2.26. The maximum atomic E-state index is 11.2. The second-order valence-corrected chi connectivity index (χ2v) is 4.58. The molecule has 3 atom stereocenters. The zero-order valence-electron chi connectivity index (χ0n) is 10.1. The molecule has 0 heterocycles. The van der Waals surface area contributed by atoms with Crippen molar-refractivity contribution >= 4 is 5.97 Å². The van der Waals surface area contributed by atoms with Crippen LogP contribution in [0.15, 0.2) is 0 Å². The number of hydrogen-bond acceptors (Lipinski definition) is 4. The zero-order valence-corrected chi connectivity index (χ0v) is 10.1. The number of carbonyl (C=O) groups excluding carboxylic acids is 1. The molecular weight excluding hydrogens is 196 g/mol. The van der Waals surface area contributed by atoms with Crippen molar-refractivity contribution in [3.05, 3.63) is 0 Å². The second kappa shape index (κ2) is 6.08. The minimum atomic E-state index is -1.24. The normalized spacial score (nSPS) is 17.7. The highest BCUT2D eigenvalue weighted by Gasteiger charge is 2.28. The SMILES string of the molecule is CC(C)C(=O)OC(O)C(C)C(O)C(C)C. The first kappa shape index (κ1) is 14.4. The Balaban J connectivity index is 4.21. The fourth-order valence-corrected chi connectivity index (χ4v) is 1.14. The van der Waals surface area contributed by atoms with E-state index in [1.807, 2.05) is 13.8 Å². The van der Waals surface area contributed by atoms with E-state index in [2.05, 4.69) is 0 Å². The summed E-state index contributed by atoms with van der Waals surface area (Å²) in [5, 5.41) is 19.2. The van der Waals surface area contributed by atoms with E-state index in [-0.39, 0.29) is 11.8 Å². The molecule has 4 heteroatoms. The Labute approximate surface area is 91.3 Å². The molecule has 0 aromatic heterocycles. The van der Waals surface area contributed by atoms with Gasteiger partial charge in [0.1, 0.15) is 0 Å². The molecule has 0 fully saturated rings. The van der Waals surface area contributed by atoms with Gasteiger partial charge in [-0.25, -0.2) is 0 Å². The molecule has 0 rings (SSSR count). The molecular formula is C11H22O4. The van der Waals surface area contributed by atoms with Crippen molar-refractivity contribution in [1.29, 1.82) is 0 Å². The highest BCUT2D eigenvalue weighted by molar-refractivity contribution is 5.71. The van der Waals surface area contributed by atoms with Crippen LogP contribution in [0.1, 0.15) is 34.6 Å². The van der Waals surface area contributed by atoms with E-state index in [0.29, 0.717) is 0 Å². The zero-order chi connectivity index (χ0) is 12.2. The molecule has 0 spiro atoms. The molecule has 0 radical (unpaired) electrons. The van der Waals surface area contributed by atoms with E-state index in [1.165, 1.54) is 0 Å². The Morgan fingerprint density at radius 3 is 1.87 bits per heavy atom. The number of carbonyl (C=O) groups is 1. The maximum absolute atomic E-state index is 11.2. The van der Waals surface area contributed by atoms with Gasteiger partial charge in [0.15, 0.2) is 0 Å². The van der Waals surface area contributed by atoms with Gasteiger partial charge in [0, 0.05) is 5.92 Å². The van der Waals surface area contributed by atoms with Crippen LogP contribution in [0.2, 0.25) is 0 Å². The quantitative estimate of drug-likeness (QED) is 0.536. The lowest BCUT2D eigenvalue weighted by molar-refractivity contribution is -0.188. The molecule has 0 amide bonds. The highest BCUT2D eigenvalue weighted by Crippen LogP contribution is 2.17. The third-order valence-corrected chi connectivity index (χ3v) is 2.38. The molecule has 0 bridgehead atoms. The van der Waals surface area contributed by atoms with Gasteiger partial charge in [-0.3, -0.25) is 4.79 Å². The summed E-state index contributed by atoms with van der Waals surface area (Å²) in [6, 6.07) is 0.